The Bertz CT molecular complexity index is 746. The molecular weight excluding hydrogens is 641 g/mol. The second-order valence-corrected chi connectivity index (χ2v) is 6.13. The number of anilines is 1. The Hall–Kier alpha value is -0.393. The molecule has 0 aliphatic rings. The molecule has 1 N–H and O–H groups in total. The van der Waals surface area contributed by atoms with Gasteiger partial charge in [0.05, 0.1) is 16.0 Å². The van der Waals surface area contributed by atoms with E-state index in [1.807, 2.05) is 30.3 Å². The molecule has 0 bridgehead atoms. The van der Waals surface area contributed by atoms with Crippen molar-refractivity contribution in [1.29, 1.82) is 0 Å². The molecular formula is C16H11Br3NO4Zn2+3. The molecule has 2 aromatic carbocycles. The normalized spacial score (nSPS) is 8.58. The number of carbonyl (C=O) groups excluding carboxylic acids is 2. The molecule has 0 radical (unpaired) electrons. The standard InChI is InChI=1S/C13H8Br3NO2.C3H4O2.2Zn/c14-10-7-6-9(12(19-16)11(10)15)13(18)17-8-4-2-1-3-5-8;1-2-3(4)5;;/h1-7H,(H,17,18);2H,1H2,(H,4,5);;/q;;2*+2/p-1. The monoisotopic (exact) mass is 646 g/mol. The van der Waals surface area contributed by atoms with Crippen LogP contribution in [0.3, 0.4) is 0 Å². The summed E-state index contributed by atoms with van der Waals surface area (Å²) in [5, 5.41) is 11.9. The number of aliphatic carboxylic acids is 1. The van der Waals surface area contributed by atoms with E-state index in [1.54, 1.807) is 12.1 Å². The van der Waals surface area contributed by atoms with Crippen molar-refractivity contribution in [3.63, 3.8) is 0 Å². The van der Waals surface area contributed by atoms with E-state index >= 15 is 0 Å². The number of amides is 1. The van der Waals surface area contributed by atoms with Crippen molar-refractivity contribution in [3.8, 4) is 5.75 Å². The van der Waals surface area contributed by atoms with Gasteiger partial charge in [-0.1, -0.05) is 24.8 Å². The zero-order chi connectivity index (χ0) is 18.1. The third kappa shape index (κ3) is 9.00. The molecule has 0 aromatic heterocycles. The van der Waals surface area contributed by atoms with E-state index in [4.69, 9.17) is 13.7 Å². The molecule has 2 rings (SSSR count). The van der Waals surface area contributed by atoms with E-state index in [0.717, 1.165) is 16.2 Å². The van der Waals surface area contributed by atoms with Crippen LogP contribution in [-0.2, 0) is 43.8 Å². The summed E-state index contributed by atoms with van der Waals surface area (Å²) in [6, 6.07) is 12.7. The van der Waals surface area contributed by atoms with Crippen molar-refractivity contribution in [2.24, 2.45) is 0 Å². The second-order valence-electron chi connectivity index (χ2n) is 4.16. The van der Waals surface area contributed by atoms with E-state index in [1.165, 1.54) is 0 Å². The van der Waals surface area contributed by atoms with Gasteiger partial charge in [-0.25, -0.2) is 0 Å². The van der Waals surface area contributed by atoms with Gasteiger partial charge >= 0.3 is 39.0 Å². The first-order valence-corrected chi connectivity index (χ1v) is 8.60. The molecule has 0 unspecified atom stereocenters. The fraction of sp³-hybridized carbons (Fsp3) is 0. The minimum atomic E-state index is -1.23. The summed E-state index contributed by atoms with van der Waals surface area (Å²) in [6.07, 6.45) is 0.722. The predicted molar refractivity (Wildman–Crippen MR) is 101 cm³/mol. The number of hydrogen-bond acceptors (Lipinski definition) is 4. The Labute approximate surface area is 202 Å². The predicted octanol–water partition coefficient (Wildman–Crippen LogP) is 4.07. The first-order chi connectivity index (χ1) is 11.4. The second kappa shape index (κ2) is 14.6. The van der Waals surface area contributed by atoms with Crippen molar-refractivity contribution in [2.45, 2.75) is 0 Å². The minimum absolute atomic E-state index is 0. The molecule has 0 aliphatic heterocycles. The first kappa shape index (κ1) is 27.8. The zero-order valence-corrected chi connectivity index (χ0v) is 24.2. The molecule has 1 amide bonds. The average Bonchev–Trinajstić information content (AvgIpc) is 2.58. The largest absolute Gasteiger partial charge is 2.00 e. The van der Waals surface area contributed by atoms with E-state index in [9.17, 15) is 4.79 Å². The van der Waals surface area contributed by atoms with Crippen molar-refractivity contribution in [1.82, 2.24) is 0 Å². The van der Waals surface area contributed by atoms with Crippen molar-refractivity contribution < 1.29 is 57.5 Å². The maximum absolute atomic E-state index is 12.2. The fourth-order valence-electron chi connectivity index (χ4n) is 1.51. The number of carboxylic acid groups (broad SMARTS) is 1. The molecule has 0 spiro atoms. The van der Waals surface area contributed by atoms with Crippen LogP contribution in [-0.4, -0.2) is 11.9 Å². The molecule has 0 saturated carbocycles. The summed E-state index contributed by atoms with van der Waals surface area (Å²) in [5.74, 6) is -1.05. The molecule has 10 heteroatoms. The zero-order valence-electron chi connectivity index (χ0n) is 13.5. The molecule has 126 valence electrons. The number of nitrogens with one attached hydrogen (secondary N) is 1. The van der Waals surface area contributed by atoms with Gasteiger partial charge in [-0.2, -0.15) is 0 Å². The molecule has 0 heterocycles. The molecule has 0 atom stereocenters. The van der Waals surface area contributed by atoms with Crippen LogP contribution in [0.5, 0.6) is 5.75 Å². The Morgan fingerprint density at radius 3 is 2.08 bits per heavy atom. The average molecular weight is 652 g/mol. The Kier molecular flexibility index (Phi) is 15.7. The number of halogens is 3. The maximum Gasteiger partial charge on any atom is 2.00 e. The third-order valence-electron chi connectivity index (χ3n) is 2.57. The van der Waals surface area contributed by atoms with Crippen LogP contribution in [0.25, 0.3) is 0 Å². The first-order valence-electron chi connectivity index (χ1n) is 6.37. The Morgan fingerprint density at radius 1 is 1.08 bits per heavy atom. The van der Waals surface area contributed by atoms with Gasteiger partial charge in [0.1, 0.15) is 0 Å². The number of rotatable bonds is 4. The molecule has 0 saturated heterocycles. The van der Waals surface area contributed by atoms with Crippen LogP contribution < -0.4 is 14.3 Å². The van der Waals surface area contributed by atoms with Gasteiger partial charge < -0.3 is 19.0 Å². The quantitative estimate of drug-likeness (QED) is 0.400. The SMILES string of the molecule is C=CC(=O)[O-].O=C(Nc1ccccc1)c1ccc(Br)c(Br)c1OBr.[Zn+2].[Zn+2]. The molecule has 5 nitrogen and oxygen atoms in total. The molecule has 0 aliphatic carbocycles. The summed E-state index contributed by atoms with van der Waals surface area (Å²) in [6.45, 7) is 2.90. The van der Waals surface area contributed by atoms with Gasteiger partial charge in [0.15, 0.2) is 22.0 Å². The van der Waals surface area contributed by atoms with Gasteiger partial charge in [-0.15, -0.1) is 0 Å². The molecule has 26 heavy (non-hydrogen) atoms. The summed E-state index contributed by atoms with van der Waals surface area (Å²) < 4.78 is 6.57. The van der Waals surface area contributed by atoms with Crippen molar-refractivity contribution in [3.05, 3.63) is 69.6 Å². The van der Waals surface area contributed by atoms with Gasteiger partial charge in [-0.05, 0) is 62.2 Å². The molecule has 2 aromatic rings. The number of carboxylic acids is 1. The van der Waals surface area contributed by atoms with E-state index in [2.05, 4.69) is 60.0 Å². The summed E-state index contributed by atoms with van der Waals surface area (Å²) in [7, 11) is 0. The Morgan fingerprint density at radius 2 is 1.62 bits per heavy atom. The van der Waals surface area contributed by atoms with E-state index in [0.29, 0.717) is 15.8 Å². The summed E-state index contributed by atoms with van der Waals surface area (Å²) in [4.78, 5) is 21.3. The van der Waals surface area contributed by atoms with Crippen LogP contribution >= 0.6 is 48.1 Å². The number of hydrogen-bond donors (Lipinski definition) is 1. The van der Waals surface area contributed by atoms with Gasteiger partial charge in [-0.3, -0.25) is 4.79 Å². The van der Waals surface area contributed by atoms with Crippen LogP contribution in [0.4, 0.5) is 5.69 Å². The van der Waals surface area contributed by atoms with E-state index in [-0.39, 0.29) is 44.9 Å². The van der Waals surface area contributed by atoms with Gasteiger partial charge in [0, 0.05) is 10.2 Å². The molecule has 0 fully saturated rings. The van der Waals surface area contributed by atoms with Crippen LogP contribution in [0.15, 0.2) is 64.1 Å². The van der Waals surface area contributed by atoms with Crippen molar-refractivity contribution >= 4 is 65.7 Å². The number of para-hydroxylation sites is 1. The topological polar surface area (TPSA) is 78.5 Å². The van der Waals surface area contributed by atoms with Crippen LogP contribution in [0.1, 0.15) is 10.4 Å². The Balaban J connectivity index is 0. The number of carbonyl (C=O) groups is 2. The summed E-state index contributed by atoms with van der Waals surface area (Å²) >= 11 is 9.64. The smallest absolute Gasteiger partial charge is 0.545 e. The minimum Gasteiger partial charge on any atom is -0.545 e. The fourth-order valence-corrected chi connectivity index (χ4v) is 2.80. The summed E-state index contributed by atoms with van der Waals surface area (Å²) in [5.41, 5.74) is 1.16. The van der Waals surface area contributed by atoms with Crippen LogP contribution in [0, 0.1) is 0 Å². The van der Waals surface area contributed by atoms with Gasteiger partial charge in [0.25, 0.3) is 5.91 Å². The van der Waals surface area contributed by atoms with Gasteiger partial charge in [0.2, 0.25) is 0 Å². The van der Waals surface area contributed by atoms with Crippen molar-refractivity contribution in [2.75, 3.05) is 5.32 Å². The number of benzene rings is 2. The van der Waals surface area contributed by atoms with E-state index < -0.39 is 5.97 Å². The maximum atomic E-state index is 12.2. The third-order valence-corrected chi connectivity index (χ3v) is 4.87. The van der Waals surface area contributed by atoms with Crippen LogP contribution in [0.2, 0.25) is 0 Å².